The Balaban J connectivity index is 2.02. The molecule has 1 aliphatic rings. The molecule has 0 aromatic carbocycles. The third-order valence-electron chi connectivity index (χ3n) is 2.47. The Morgan fingerprint density at radius 1 is 1.54 bits per heavy atom. The second-order valence-electron chi connectivity index (χ2n) is 3.83. The number of unbranched alkanes of at least 4 members (excludes halogenated alkanes) is 1. The average molecular weight is 201 g/mol. The van der Waals surface area contributed by atoms with Crippen molar-refractivity contribution in [3.63, 3.8) is 0 Å². The molecule has 0 N–H and O–H groups in total. The summed E-state index contributed by atoms with van der Waals surface area (Å²) in [5.41, 5.74) is 0. The molecular formula is C10H19NOS. The third kappa shape index (κ3) is 4.03. The van der Waals surface area contributed by atoms with E-state index in [-0.39, 0.29) is 0 Å². The van der Waals surface area contributed by atoms with Crippen LogP contribution >= 0.6 is 12.6 Å². The Morgan fingerprint density at radius 3 is 2.85 bits per heavy atom. The summed E-state index contributed by atoms with van der Waals surface area (Å²) in [5.74, 6) is 0.346. The van der Waals surface area contributed by atoms with Crippen molar-refractivity contribution in [3.05, 3.63) is 0 Å². The van der Waals surface area contributed by atoms with Crippen molar-refractivity contribution >= 4 is 18.5 Å². The fraction of sp³-hybridized carbons (Fsp3) is 0.900. The zero-order valence-electron chi connectivity index (χ0n) is 8.33. The van der Waals surface area contributed by atoms with Gasteiger partial charge in [-0.25, -0.2) is 0 Å². The molecule has 0 aromatic heterocycles. The van der Waals surface area contributed by atoms with Crippen molar-refractivity contribution in [2.45, 2.75) is 44.3 Å². The third-order valence-corrected chi connectivity index (χ3v) is 2.73. The summed E-state index contributed by atoms with van der Waals surface area (Å²) in [6, 6.07) is 0. The molecule has 1 amide bonds. The molecule has 1 fully saturated rings. The molecule has 0 bridgehead atoms. The lowest BCUT2D eigenvalue weighted by Crippen LogP contribution is -2.25. The van der Waals surface area contributed by atoms with Gasteiger partial charge < -0.3 is 4.90 Å². The summed E-state index contributed by atoms with van der Waals surface area (Å²) in [6.45, 7) is 4.05. The summed E-state index contributed by atoms with van der Waals surface area (Å²) >= 11 is 4.32. The molecule has 76 valence electrons. The van der Waals surface area contributed by atoms with Crippen LogP contribution in [0.25, 0.3) is 0 Å². The maximum absolute atomic E-state index is 11.2. The first-order valence-electron chi connectivity index (χ1n) is 5.16. The van der Waals surface area contributed by atoms with Gasteiger partial charge in [0.2, 0.25) is 5.91 Å². The van der Waals surface area contributed by atoms with Crippen molar-refractivity contribution in [3.8, 4) is 0 Å². The molecule has 0 aromatic rings. The van der Waals surface area contributed by atoms with E-state index in [1.165, 1.54) is 6.42 Å². The van der Waals surface area contributed by atoms with Crippen LogP contribution in [-0.2, 0) is 4.79 Å². The molecule has 0 saturated carbocycles. The normalized spacial score (nSPS) is 19.5. The van der Waals surface area contributed by atoms with Crippen molar-refractivity contribution in [2.24, 2.45) is 0 Å². The molecule has 1 heterocycles. The van der Waals surface area contributed by atoms with E-state index in [0.717, 1.165) is 38.8 Å². The molecule has 1 atom stereocenters. The minimum atomic E-state index is 0.346. The van der Waals surface area contributed by atoms with Crippen LogP contribution in [0.4, 0.5) is 0 Å². The van der Waals surface area contributed by atoms with E-state index in [1.807, 2.05) is 4.90 Å². The van der Waals surface area contributed by atoms with Crippen LogP contribution in [0.15, 0.2) is 0 Å². The number of nitrogens with zero attached hydrogens (tertiary/aromatic N) is 1. The number of thiol groups is 1. The lowest BCUT2D eigenvalue weighted by Gasteiger charge is -2.15. The number of carbonyl (C=O) groups excluding carboxylic acids is 1. The summed E-state index contributed by atoms with van der Waals surface area (Å²) in [5, 5.41) is 0.495. The molecule has 3 heteroatoms. The summed E-state index contributed by atoms with van der Waals surface area (Å²) in [7, 11) is 0. The number of hydrogen-bond acceptors (Lipinski definition) is 2. The summed E-state index contributed by atoms with van der Waals surface area (Å²) in [4.78, 5) is 13.2. The first kappa shape index (κ1) is 10.9. The van der Waals surface area contributed by atoms with Gasteiger partial charge in [-0.15, -0.1) is 0 Å². The number of likely N-dealkylation sites (tertiary alicyclic amines) is 1. The Labute approximate surface area is 86.1 Å². The molecule has 1 unspecified atom stereocenters. The highest BCUT2D eigenvalue weighted by atomic mass is 32.1. The van der Waals surface area contributed by atoms with Gasteiger partial charge >= 0.3 is 0 Å². The van der Waals surface area contributed by atoms with Crippen LogP contribution < -0.4 is 0 Å². The van der Waals surface area contributed by atoms with E-state index in [1.54, 1.807) is 0 Å². The van der Waals surface area contributed by atoms with Gasteiger partial charge in [-0.3, -0.25) is 4.79 Å². The molecule has 2 nitrogen and oxygen atoms in total. The standard InChI is InChI=1S/C10H19NOS/c1-9(13)5-2-3-7-11-8-4-6-10(11)12/h9,13H,2-8H2,1H3. The van der Waals surface area contributed by atoms with Crippen LogP contribution in [0.3, 0.4) is 0 Å². The number of rotatable bonds is 5. The quantitative estimate of drug-likeness (QED) is 0.533. The van der Waals surface area contributed by atoms with E-state index >= 15 is 0 Å². The van der Waals surface area contributed by atoms with Gasteiger partial charge in [0, 0.05) is 19.5 Å². The number of amides is 1. The van der Waals surface area contributed by atoms with Gasteiger partial charge in [0.05, 0.1) is 0 Å². The van der Waals surface area contributed by atoms with Gasteiger partial charge in [-0.1, -0.05) is 13.3 Å². The van der Waals surface area contributed by atoms with Gasteiger partial charge in [0.15, 0.2) is 0 Å². The molecule has 13 heavy (non-hydrogen) atoms. The first-order valence-corrected chi connectivity index (χ1v) is 5.67. The highest BCUT2D eigenvalue weighted by molar-refractivity contribution is 7.80. The molecule has 0 radical (unpaired) electrons. The predicted octanol–water partition coefficient (Wildman–Crippen LogP) is 2.10. The van der Waals surface area contributed by atoms with Crippen molar-refractivity contribution in [1.82, 2.24) is 4.90 Å². The molecule has 1 aliphatic heterocycles. The zero-order chi connectivity index (χ0) is 9.68. The lowest BCUT2D eigenvalue weighted by atomic mass is 10.2. The van der Waals surface area contributed by atoms with Crippen LogP contribution in [0.2, 0.25) is 0 Å². The van der Waals surface area contributed by atoms with Gasteiger partial charge in [0.1, 0.15) is 0 Å². The maximum atomic E-state index is 11.2. The van der Waals surface area contributed by atoms with E-state index in [2.05, 4.69) is 19.6 Å². The van der Waals surface area contributed by atoms with Crippen molar-refractivity contribution < 1.29 is 4.79 Å². The fourth-order valence-electron chi connectivity index (χ4n) is 1.68. The minimum absolute atomic E-state index is 0.346. The highest BCUT2D eigenvalue weighted by Crippen LogP contribution is 2.12. The van der Waals surface area contributed by atoms with Crippen molar-refractivity contribution in [1.29, 1.82) is 0 Å². The molecule has 1 saturated heterocycles. The first-order chi connectivity index (χ1) is 6.20. The smallest absolute Gasteiger partial charge is 0.222 e. The Morgan fingerprint density at radius 2 is 2.31 bits per heavy atom. The van der Waals surface area contributed by atoms with E-state index in [4.69, 9.17) is 0 Å². The van der Waals surface area contributed by atoms with Gasteiger partial charge in [0.25, 0.3) is 0 Å². The average Bonchev–Trinajstić information content (AvgIpc) is 2.45. The van der Waals surface area contributed by atoms with E-state index in [9.17, 15) is 4.79 Å². The summed E-state index contributed by atoms with van der Waals surface area (Å²) in [6.07, 6.45) is 5.31. The second kappa shape index (κ2) is 5.53. The monoisotopic (exact) mass is 201 g/mol. The highest BCUT2D eigenvalue weighted by Gasteiger charge is 2.18. The maximum Gasteiger partial charge on any atom is 0.222 e. The number of hydrogen-bond donors (Lipinski definition) is 1. The van der Waals surface area contributed by atoms with Crippen LogP contribution in [0, 0.1) is 0 Å². The van der Waals surface area contributed by atoms with Crippen LogP contribution in [0.5, 0.6) is 0 Å². The molecule has 0 spiro atoms. The molecule has 1 rings (SSSR count). The predicted molar refractivity (Wildman–Crippen MR) is 58.1 cm³/mol. The summed E-state index contributed by atoms with van der Waals surface area (Å²) < 4.78 is 0. The topological polar surface area (TPSA) is 20.3 Å². The second-order valence-corrected chi connectivity index (χ2v) is 4.71. The molecule has 0 aliphatic carbocycles. The molecular weight excluding hydrogens is 182 g/mol. The SMILES string of the molecule is CC(S)CCCCN1CCCC1=O. The number of carbonyl (C=O) groups is 1. The Kier molecular flexibility index (Phi) is 4.64. The lowest BCUT2D eigenvalue weighted by molar-refractivity contribution is -0.127. The van der Waals surface area contributed by atoms with Gasteiger partial charge in [-0.05, 0) is 24.5 Å². The van der Waals surface area contributed by atoms with Crippen LogP contribution in [-0.4, -0.2) is 29.1 Å². The fourth-order valence-corrected chi connectivity index (χ4v) is 1.87. The van der Waals surface area contributed by atoms with Crippen molar-refractivity contribution in [2.75, 3.05) is 13.1 Å². The van der Waals surface area contributed by atoms with E-state index < -0.39 is 0 Å². The van der Waals surface area contributed by atoms with Crippen LogP contribution in [0.1, 0.15) is 39.0 Å². The Bertz CT molecular complexity index is 170. The minimum Gasteiger partial charge on any atom is -0.343 e. The van der Waals surface area contributed by atoms with Gasteiger partial charge in [-0.2, -0.15) is 12.6 Å². The Hall–Kier alpha value is -0.180. The zero-order valence-corrected chi connectivity index (χ0v) is 9.22. The largest absolute Gasteiger partial charge is 0.343 e. The van der Waals surface area contributed by atoms with E-state index in [0.29, 0.717) is 11.2 Å².